The van der Waals surface area contributed by atoms with Gasteiger partial charge in [0, 0.05) is 6.54 Å². The molecule has 0 aromatic heterocycles. The Morgan fingerprint density at radius 2 is 1.96 bits per heavy atom. The normalized spacial score (nSPS) is 25.1. The highest BCUT2D eigenvalue weighted by molar-refractivity contribution is 6.07. The number of nitrogens with one attached hydrogen (secondary N) is 2. The quantitative estimate of drug-likeness (QED) is 0.609. The molecular formula is C18H23N5O4. The van der Waals surface area contributed by atoms with E-state index in [0.29, 0.717) is 24.4 Å². The second-order valence-corrected chi connectivity index (χ2v) is 7.09. The Labute approximate surface area is 156 Å². The molecule has 5 amide bonds. The van der Waals surface area contributed by atoms with Crippen LogP contribution in [-0.4, -0.2) is 51.8 Å². The number of urea groups is 1. The highest BCUT2D eigenvalue weighted by atomic mass is 16.2. The molecule has 1 aromatic carbocycles. The molecule has 144 valence electrons. The number of primary amides is 1. The maximum atomic E-state index is 12.5. The summed E-state index contributed by atoms with van der Waals surface area (Å²) in [7, 11) is 0. The SMILES string of the molecule is CCC1(C)NC(=O)N(NC(=O)CN2Cc3ccccc3CC2C(N)=O)C1=O. The van der Waals surface area contributed by atoms with E-state index < -0.39 is 35.3 Å². The molecule has 9 nitrogen and oxygen atoms in total. The van der Waals surface area contributed by atoms with E-state index in [1.807, 2.05) is 24.3 Å². The molecule has 0 saturated carbocycles. The number of benzene rings is 1. The number of amides is 5. The van der Waals surface area contributed by atoms with Gasteiger partial charge in [-0.1, -0.05) is 31.2 Å². The first-order valence-corrected chi connectivity index (χ1v) is 8.81. The van der Waals surface area contributed by atoms with Crippen LogP contribution in [0.1, 0.15) is 31.4 Å². The van der Waals surface area contributed by atoms with Crippen molar-refractivity contribution in [3.05, 3.63) is 35.4 Å². The molecule has 2 unspecified atom stereocenters. The van der Waals surface area contributed by atoms with Crippen molar-refractivity contribution in [3.63, 3.8) is 0 Å². The Balaban J connectivity index is 1.71. The Morgan fingerprint density at radius 3 is 2.56 bits per heavy atom. The van der Waals surface area contributed by atoms with E-state index >= 15 is 0 Å². The maximum Gasteiger partial charge on any atom is 0.344 e. The molecule has 0 aliphatic carbocycles. The third kappa shape index (κ3) is 3.50. The lowest BCUT2D eigenvalue weighted by molar-refractivity contribution is -0.140. The van der Waals surface area contributed by atoms with Gasteiger partial charge in [0.1, 0.15) is 5.54 Å². The van der Waals surface area contributed by atoms with E-state index in [1.54, 1.807) is 18.7 Å². The van der Waals surface area contributed by atoms with Crippen molar-refractivity contribution >= 4 is 23.8 Å². The second kappa shape index (κ2) is 6.99. The van der Waals surface area contributed by atoms with Crippen LogP contribution in [0.5, 0.6) is 0 Å². The average Bonchev–Trinajstić information content (AvgIpc) is 2.84. The fourth-order valence-electron chi connectivity index (χ4n) is 3.39. The Kier molecular flexibility index (Phi) is 4.88. The van der Waals surface area contributed by atoms with Gasteiger partial charge in [-0.25, -0.2) is 4.79 Å². The van der Waals surface area contributed by atoms with Gasteiger partial charge in [0.05, 0.1) is 12.6 Å². The number of hydrogen-bond donors (Lipinski definition) is 3. The van der Waals surface area contributed by atoms with Gasteiger partial charge in [-0.2, -0.15) is 5.01 Å². The molecule has 4 N–H and O–H groups in total. The number of nitrogens with two attached hydrogens (primary N) is 1. The Morgan fingerprint density at radius 1 is 1.30 bits per heavy atom. The van der Waals surface area contributed by atoms with Crippen LogP contribution < -0.4 is 16.5 Å². The van der Waals surface area contributed by atoms with Crippen molar-refractivity contribution in [2.75, 3.05) is 6.54 Å². The third-order valence-electron chi connectivity index (χ3n) is 5.23. The first-order chi connectivity index (χ1) is 12.7. The predicted octanol–water partition coefficient (Wildman–Crippen LogP) is -0.350. The van der Waals surface area contributed by atoms with E-state index in [1.165, 1.54) is 0 Å². The molecule has 1 aromatic rings. The van der Waals surface area contributed by atoms with Crippen molar-refractivity contribution in [3.8, 4) is 0 Å². The first-order valence-electron chi connectivity index (χ1n) is 8.81. The third-order valence-corrected chi connectivity index (χ3v) is 5.23. The lowest BCUT2D eigenvalue weighted by atomic mass is 9.93. The second-order valence-electron chi connectivity index (χ2n) is 7.09. The fourth-order valence-corrected chi connectivity index (χ4v) is 3.39. The van der Waals surface area contributed by atoms with Crippen LogP contribution in [0.25, 0.3) is 0 Å². The molecule has 1 saturated heterocycles. The molecule has 2 atom stereocenters. The van der Waals surface area contributed by atoms with Gasteiger partial charge >= 0.3 is 6.03 Å². The summed E-state index contributed by atoms with van der Waals surface area (Å²) in [5.74, 6) is -1.60. The molecule has 2 aliphatic heterocycles. The molecule has 2 heterocycles. The molecule has 1 fully saturated rings. The average molecular weight is 373 g/mol. The standard InChI is InChI=1S/C18H23N5O4/c1-3-18(2)16(26)23(17(27)20-18)21-14(24)10-22-9-12-7-5-4-6-11(12)8-13(22)15(19)25/h4-7,13H,3,8-10H2,1-2H3,(H2,19,25)(H,20,27)(H,21,24). The fraction of sp³-hybridized carbons (Fsp3) is 0.444. The van der Waals surface area contributed by atoms with E-state index in [0.717, 1.165) is 11.1 Å². The summed E-state index contributed by atoms with van der Waals surface area (Å²) in [6.45, 7) is 3.59. The highest BCUT2D eigenvalue weighted by Crippen LogP contribution is 2.23. The zero-order chi connectivity index (χ0) is 19.8. The minimum Gasteiger partial charge on any atom is -0.368 e. The lowest BCUT2D eigenvalue weighted by Crippen LogP contribution is -2.55. The summed E-state index contributed by atoms with van der Waals surface area (Å²) in [6, 6.07) is 6.34. The molecular weight excluding hydrogens is 350 g/mol. The number of carbonyl (C=O) groups excluding carboxylic acids is 4. The largest absolute Gasteiger partial charge is 0.368 e. The van der Waals surface area contributed by atoms with Crippen LogP contribution in [0.4, 0.5) is 4.79 Å². The summed E-state index contributed by atoms with van der Waals surface area (Å²) >= 11 is 0. The van der Waals surface area contributed by atoms with Gasteiger partial charge < -0.3 is 11.1 Å². The zero-order valence-electron chi connectivity index (χ0n) is 15.3. The summed E-state index contributed by atoms with van der Waals surface area (Å²) in [4.78, 5) is 50.3. The topological polar surface area (TPSA) is 125 Å². The Bertz CT molecular complexity index is 811. The Hall–Kier alpha value is -2.94. The monoisotopic (exact) mass is 373 g/mol. The van der Waals surface area contributed by atoms with Gasteiger partial charge in [0.25, 0.3) is 11.8 Å². The molecule has 3 rings (SSSR count). The summed E-state index contributed by atoms with van der Waals surface area (Å²) in [5, 5.41) is 3.26. The number of fused-ring (bicyclic) bond motifs is 1. The first kappa shape index (κ1) is 18.8. The van der Waals surface area contributed by atoms with E-state index in [4.69, 9.17) is 5.73 Å². The van der Waals surface area contributed by atoms with Crippen LogP contribution in [0.3, 0.4) is 0 Å². The zero-order valence-corrected chi connectivity index (χ0v) is 15.3. The molecule has 9 heteroatoms. The predicted molar refractivity (Wildman–Crippen MR) is 95.8 cm³/mol. The van der Waals surface area contributed by atoms with Crippen LogP contribution in [0, 0.1) is 0 Å². The number of hydrogen-bond acceptors (Lipinski definition) is 5. The van der Waals surface area contributed by atoms with Crippen LogP contribution >= 0.6 is 0 Å². The van der Waals surface area contributed by atoms with Crippen molar-refractivity contribution in [2.24, 2.45) is 5.73 Å². The number of rotatable bonds is 5. The van der Waals surface area contributed by atoms with Crippen LogP contribution in [-0.2, 0) is 27.3 Å². The van der Waals surface area contributed by atoms with E-state index in [9.17, 15) is 19.2 Å². The highest BCUT2D eigenvalue weighted by Gasteiger charge is 2.47. The number of hydrazine groups is 1. The molecule has 2 aliphatic rings. The molecule has 27 heavy (non-hydrogen) atoms. The number of carbonyl (C=O) groups is 4. The smallest absolute Gasteiger partial charge is 0.344 e. The van der Waals surface area contributed by atoms with E-state index in [-0.39, 0.29) is 6.54 Å². The maximum absolute atomic E-state index is 12.5. The van der Waals surface area contributed by atoms with Crippen LogP contribution in [0.15, 0.2) is 24.3 Å². The number of nitrogens with zero attached hydrogens (tertiary/aromatic N) is 2. The molecule has 0 bridgehead atoms. The van der Waals surface area contributed by atoms with E-state index in [2.05, 4.69) is 10.7 Å². The molecule has 0 radical (unpaired) electrons. The van der Waals surface area contributed by atoms with Gasteiger partial charge in [0.2, 0.25) is 5.91 Å². The summed E-state index contributed by atoms with van der Waals surface area (Å²) in [5.41, 5.74) is 8.84. The minimum absolute atomic E-state index is 0.165. The van der Waals surface area contributed by atoms with Gasteiger partial charge in [-0.3, -0.25) is 24.7 Å². The minimum atomic E-state index is -1.04. The van der Waals surface area contributed by atoms with Gasteiger partial charge in [0.15, 0.2) is 0 Å². The van der Waals surface area contributed by atoms with Gasteiger partial charge in [-0.05, 0) is 30.9 Å². The molecule has 0 spiro atoms. The van der Waals surface area contributed by atoms with Crippen molar-refractivity contribution in [2.45, 2.75) is 44.8 Å². The van der Waals surface area contributed by atoms with Crippen molar-refractivity contribution in [1.82, 2.24) is 20.7 Å². The van der Waals surface area contributed by atoms with Crippen molar-refractivity contribution < 1.29 is 19.2 Å². The van der Waals surface area contributed by atoms with Crippen LogP contribution in [0.2, 0.25) is 0 Å². The van der Waals surface area contributed by atoms with Gasteiger partial charge in [-0.15, -0.1) is 0 Å². The summed E-state index contributed by atoms with van der Waals surface area (Å²) in [6.07, 6.45) is 0.812. The van der Waals surface area contributed by atoms with Crippen molar-refractivity contribution in [1.29, 1.82) is 0 Å². The number of imide groups is 1. The summed E-state index contributed by atoms with van der Waals surface area (Å²) < 4.78 is 0. The lowest BCUT2D eigenvalue weighted by Gasteiger charge is -2.34.